The minimum absolute atomic E-state index is 0.0856. The first-order valence-electron chi connectivity index (χ1n) is 8.26. The molecule has 2 amide bonds. The van der Waals surface area contributed by atoms with Crippen molar-refractivity contribution < 1.29 is 19.1 Å². The lowest BCUT2D eigenvalue weighted by atomic mass is 10.1. The van der Waals surface area contributed by atoms with E-state index in [0.29, 0.717) is 35.3 Å². The van der Waals surface area contributed by atoms with E-state index in [2.05, 4.69) is 10.9 Å². The molecular weight excluding hydrogens is 356 g/mol. The predicted molar refractivity (Wildman–Crippen MR) is 99.5 cm³/mol. The summed E-state index contributed by atoms with van der Waals surface area (Å²) in [7, 11) is 0. The summed E-state index contributed by atoms with van der Waals surface area (Å²) in [4.78, 5) is 24.1. The number of ether oxygens (including phenoxy) is 2. The van der Waals surface area contributed by atoms with Crippen LogP contribution in [0.2, 0.25) is 5.02 Å². The molecule has 138 valence electrons. The molecule has 0 saturated heterocycles. The Kier molecular flexibility index (Phi) is 7.29. The van der Waals surface area contributed by atoms with Gasteiger partial charge in [-0.15, -0.1) is 0 Å². The van der Waals surface area contributed by atoms with Gasteiger partial charge in [0.05, 0.1) is 19.6 Å². The van der Waals surface area contributed by atoms with Gasteiger partial charge in [0.15, 0.2) is 11.5 Å². The summed E-state index contributed by atoms with van der Waals surface area (Å²) >= 11 is 5.85. The number of hydrazine groups is 1. The van der Waals surface area contributed by atoms with Gasteiger partial charge in [0.2, 0.25) is 5.91 Å². The van der Waals surface area contributed by atoms with E-state index < -0.39 is 5.91 Å². The van der Waals surface area contributed by atoms with Gasteiger partial charge in [0, 0.05) is 10.6 Å². The van der Waals surface area contributed by atoms with Gasteiger partial charge < -0.3 is 9.47 Å². The maximum absolute atomic E-state index is 12.1. The minimum atomic E-state index is -0.442. The zero-order chi connectivity index (χ0) is 18.9. The van der Waals surface area contributed by atoms with E-state index in [4.69, 9.17) is 21.1 Å². The van der Waals surface area contributed by atoms with Crippen LogP contribution in [-0.2, 0) is 11.2 Å². The second-order valence-electron chi connectivity index (χ2n) is 5.34. The van der Waals surface area contributed by atoms with Crippen molar-refractivity contribution in [3.8, 4) is 11.5 Å². The van der Waals surface area contributed by atoms with Crippen LogP contribution in [-0.4, -0.2) is 25.0 Å². The largest absolute Gasteiger partial charge is 0.490 e. The molecule has 6 nitrogen and oxygen atoms in total. The summed E-state index contributed by atoms with van der Waals surface area (Å²) < 4.78 is 11.0. The smallest absolute Gasteiger partial charge is 0.269 e. The molecule has 0 aliphatic carbocycles. The first-order chi connectivity index (χ1) is 12.5. The highest BCUT2D eigenvalue weighted by Crippen LogP contribution is 2.28. The van der Waals surface area contributed by atoms with E-state index in [9.17, 15) is 9.59 Å². The van der Waals surface area contributed by atoms with E-state index in [1.807, 2.05) is 13.8 Å². The highest BCUT2D eigenvalue weighted by atomic mass is 35.5. The zero-order valence-corrected chi connectivity index (χ0v) is 15.4. The van der Waals surface area contributed by atoms with Crippen molar-refractivity contribution in [1.82, 2.24) is 10.9 Å². The van der Waals surface area contributed by atoms with Crippen LogP contribution in [0.25, 0.3) is 0 Å². The van der Waals surface area contributed by atoms with Crippen molar-refractivity contribution in [1.29, 1.82) is 0 Å². The highest BCUT2D eigenvalue weighted by Gasteiger charge is 2.11. The molecule has 2 N–H and O–H groups in total. The number of hydrogen-bond acceptors (Lipinski definition) is 4. The molecule has 0 fully saturated rings. The van der Waals surface area contributed by atoms with E-state index in [1.54, 1.807) is 36.4 Å². The molecule has 0 unspecified atom stereocenters. The molecule has 2 rings (SSSR count). The molecule has 2 aromatic carbocycles. The van der Waals surface area contributed by atoms with Gasteiger partial charge in [0.1, 0.15) is 0 Å². The lowest BCUT2D eigenvalue weighted by Gasteiger charge is -2.12. The van der Waals surface area contributed by atoms with Crippen LogP contribution in [0.15, 0.2) is 42.5 Å². The maximum atomic E-state index is 12.1. The van der Waals surface area contributed by atoms with Crippen LogP contribution in [0.4, 0.5) is 0 Å². The van der Waals surface area contributed by atoms with Crippen LogP contribution in [0, 0.1) is 0 Å². The Balaban J connectivity index is 1.94. The lowest BCUT2D eigenvalue weighted by Crippen LogP contribution is -2.42. The molecule has 0 saturated carbocycles. The van der Waals surface area contributed by atoms with Crippen molar-refractivity contribution in [2.75, 3.05) is 13.2 Å². The number of halogens is 1. The average Bonchev–Trinajstić information content (AvgIpc) is 2.62. The minimum Gasteiger partial charge on any atom is -0.490 e. The first-order valence-corrected chi connectivity index (χ1v) is 8.64. The zero-order valence-electron chi connectivity index (χ0n) is 14.7. The third-order valence-electron chi connectivity index (χ3n) is 3.37. The molecule has 7 heteroatoms. The molecule has 0 aromatic heterocycles. The highest BCUT2D eigenvalue weighted by molar-refractivity contribution is 6.30. The van der Waals surface area contributed by atoms with Crippen molar-refractivity contribution in [2.45, 2.75) is 20.3 Å². The molecule has 0 aliphatic rings. The number of nitrogens with one attached hydrogen (secondary N) is 2. The second-order valence-corrected chi connectivity index (χ2v) is 5.77. The summed E-state index contributed by atoms with van der Waals surface area (Å²) in [6, 6.07) is 11.8. The van der Waals surface area contributed by atoms with Crippen LogP contribution >= 0.6 is 11.6 Å². The summed E-state index contributed by atoms with van der Waals surface area (Å²) in [5.74, 6) is 0.421. The predicted octanol–water partition coefficient (Wildman–Crippen LogP) is 3.14. The fraction of sp³-hybridized carbons (Fsp3) is 0.263. The van der Waals surface area contributed by atoms with Gasteiger partial charge >= 0.3 is 0 Å². The monoisotopic (exact) mass is 376 g/mol. The molecule has 26 heavy (non-hydrogen) atoms. The molecule has 0 spiro atoms. The standard InChI is InChI=1S/C19H21ClN2O4/c1-3-25-16-9-8-13(10-17(16)26-4-2)11-18(23)21-22-19(24)14-6-5-7-15(20)12-14/h5-10,12H,3-4,11H2,1-2H3,(H,21,23)(H,22,24). The topological polar surface area (TPSA) is 76.7 Å². The maximum Gasteiger partial charge on any atom is 0.269 e. The SMILES string of the molecule is CCOc1ccc(CC(=O)NNC(=O)c2cccc(Cl)c2)cc1OCC. The summed E-state index contributed by atoms with van der Waals surface area (Å²) in [6.45, 7) is 4.78. The lowest BCUT2D eigenvalue weighted by molar-refractivity contribution is -0.121. The van der Waals surface area contributed by atoms with Crippen molar-refractivity contribution in [3.05, 3.63) is 58.6 Å². The normalized spacial score (nSPS) is 10.1. The fourth-order valence-corrected chi connectivity index (χ4v) is 2.45. The van der Waals surface area contributed by atoms with Gasteiger partial charge in [-0.1, -0.05) is 23.7 Å². The third-order valence-corrected chi connectivity index (χ3v) is 3.61. The Morgan fingerprint density at radius 1 is 0.962 bits per heavy atom. The Hall–Kier alpha value is -2.73. The van der Waals surface area contributed by atoms with Gasteiger partial charge in [-0.05, 0) is 49.7 Å². The molecule has 0 bridgehead atoms. The Morgan fingerprint density at radius 2 is 1.69 bits per heavy atom. The molecule has 2 aromatic rings. The van der Waals surface area contributed by atoms with Crippen LogP contribution < -0.4 is 20.3 Å². The van der Waals surface area contributed by atoms with E-state index in [1.165, 1.54) is 6.07 Å². The number of carbonyl (C=O) groups is 2. The number of benzene rings is 2. The van der Waals surface area contributed by atoms with Crippen LogP contribution in [0.1, 0.15) is 29.8 Å². The molecular formula is C19H21ClN2O4. The fourth-order valence-electron chi connectivity index (χ4n) is 2.26. The van der Waals surface area contributed by atoms with Gasteiger partial charge in [-0.2, -0.15) is 0 Å². The van der Waals surface area contributed by atoms with Crippen molar-refractivity contribution in [3.63, 3.8) is 0 Å². The Morgan fingerprint density at radius 3 is 2.38 bits per heavy atom. The molecule has 0 radical (unpaired) electrons. The van der Waals surface area contributed by atoms with Crippen molar-refractivity contribution in [2.24, 2.45) is 0 Å². The van der Waals surface area contributed by atoms with E-state index in [-0.39, 0.29) is 12.3 Å². The summed E-state index contributed by atoms with van der Waals surface area (Å²) in [5.41, 5.74) is 5.85. The van der Waals surface area contributed by atoms with Crippen molar-refractivity contribution >= 4 is 23.4 Å². The van der Waals surface area contributed by atoms with Gasteiger partial charge in [-0.3, -0.25) is 20.4 Å². The van der Waals surface area contributed by atoms with Crippen LogP contribution in [0.3, 0.4) is 0 Å². The van der Waals surface area contributed by atoms with Gasteiger partial charge in [-0.25, -0.2) is 0 Å². The summed E-state index contributed by atoms with van der Waals surface area (Å²) in [6.07, 6.45) is 0.0856. The van der Waals surface area contributed by atoms with E-state index >= 15 is 0 Å². The van der Waals surface area contributed by atoms with E-state index in [0.717, 1.165) is 5.56 Å². The average molecular weight is 377 g/mol. The quantitative estimate of drug-likeness (QED) is 0.728. The number of rotatable bonds is 7. The first kappa shape index (κ1) is 19.6. The molecule has 0 heterocycles. The third kappa shape index (κ3) is 5.67. The number of hydrogen-bond donors (Lipinski definition) is 2. The Labute approximate surface area is 157 Å². The molecule has 0 aliphatic heterocycles. The molecule has 0 atom stereocenters. The number of amides is 2. The van der Waals surface area contributed by atoms with Crippen LogP contribution in [0.5, 0.6) is 11.5 Å². The summed E-state index contributed by atoms with van der Waals surface area (Å²) in [5, 5.41) is 0.446. The second kappa shape index (κ2) is 9.68. The number of carbonyl (C=O) groups excluding carboxylic acids is 2. The van der Waals surface area contributed by atoms with Gasteiger partial charge in [0.25, 0.3) is 5.91 Å². The Bertz CT molecular complexity index is 780.